The summed E-state index contributed by atoms with van der Waals surface area (Å²) in [6, 6.07) is 3.85. The number of alkyl halides is 3. The standard InChI is InChI=1S/C24H26ClF4N5O2/c1-31-10-16(24(27,28)29)21(30)23(36)8-13-5-12(6-14(13)9-23)19-20(34(2)11-32-19)22(35)33-15-3-4-18(26)17(25)7-15/h3-4,7,10-14,36H,5-6,8-9,30H2,1-2H3,(H,33,35)/b21-16+,31-10?. The largest absolute Gasteiger partial charge is 0.419 e. The van der Waals surface area contributed by atoms with Gasteiger partial charge in [-0.05, 0) is 55.7 Å². The van der Waals surface area contributed by atoms with E-state index in [1.165, 1.54) is 25.5 Å². The van der Waals surface area contributed by atoms with Gasteiger partial charge in [-0.1, -0.05) is 11.6 Å². The van der Waals surface area contributed by atoms with E-state index in [-0.39, 0.29) is 35.6 Å². The van der Waals surface area contributed by atoms with E-state index in [2.05, 4.69) is 15.3 Å². The van der Waals surface area contributed by atoms with E-state index >= 15 is 0 Å². The average molecular weight is 528 g/mol. The molecule has 0 radical (unpaired) electrons. The fourth-order valence-electron chi connectivity index (χ4n) is 5.57. The summed E-state index contributed by atoms with van der Waals surface area (Å²) in [7, 11) is 2.89. The molecule has 2 aliphatic rings. The molecule has 2 saturated carbocycles. The molecule has 1 aromatic carbocycles. The summed E-state index contributed by atoms with van der Waals surface area (Å²) in [5.74, 6) is -1.33. The second-order valence-electron chi connectivity index (χ2n) is 9.51. The molecule has 2 aromatic rings. The number of amides is 1. The Morgan fingerprint density at radius 1 is 1.33 bits per heavy atom. The van der Waals surface area contributed by atoms with Crippen LogP contribution in [0.25, 0.3) is 0 Å². The van der Waals surface area contributed by atoms with Crippen molar-refractivity contribution in [3.05, 3.63) is 58.0 Å². The van der Waals surface area contributed by atoms with Crippen LogP contribution in [-0.4, -0.2) is 45.6 Å². The Kier molecular flexibility index (Phi) is 6.91. The van der Waals surface area contributed by atoms with Gasteiger partial charge in [0.05, 0.1) is 28.3 Å². The maximum atomic E-state index is 13.5. The number of halogens is 5. The number of fused-ring (bicyclic) bond motifs is 1. The first-order valence-corrected chi connectivity index (χ1v) is 11.7. The number of imidazole rings is 1. The average Bonchev–Trinajstić information content (AvgIpc) is 3.44. The highest BCUT2D eigenvalue weighted by molar-refractivity contribution is 6.31. The molecule has 194 valence electrons. The van der Waals surface area contributed by atoms with Crippen molar-refractivity contribution in [2.24, 2.45) is 29.6 Å². The maximum absolute atomic E-state index is 13.5. The van der Waals surface area contributed by atoms with Crippen molar-refractivity contribution in [3.63, 3.8) is 0 Å². The van der Waals surface area contributed by atoms with E-state index in [1.807, 2.05) is 0 Å². The summed E-state index contributed by atoms with van der Waals surface area (Å²) in [5.41, 5.74) is 3.56. The van der Waals surface area contributed by atoms with E-state index in [4.69, 9.17) is 17.3 Å². The molecule has 2 fully saturated rings. The van der Waals surface area contributed by atoms with Crippen molar-refractivity contribution < 1.29 is 27.5 Å². The Labute approximate surface area is 210 Å². The third-order valence-corrected chi connectivity index (χ3v) is 7.43. The molecule has 0 aliphatic heterocycles. The number of aliphatic imine (C=N–C) groups is 1. The fraction of sp³-hybridized carbons (Fsp3) is 0.458. The number of rotatable bonds is 5. The fourth-order valence-corrected chi connectivity index (χ4v) is 5.75. The number of anilines is 1. The summed E-state index contributed by atoms with van der Waals surface area (Å²) in [6.45, 7) is 0. The minimum atomic E-state index is -4.73. The Morgan fingerprint density at radius 2 is 1.97 bits per heavy atom. The quantitative estimate of drug-likeness (QED) is 0.391. The number of hydrogen-bond donors (Lipinski definition) is 3. The molecule has 36 heavy (non-hydrogen) atoms. The molecule has 2 unspecified atom stereocenters. The number of nitrogens with zero attached hydrogens (tertiary/aromatic N) is 3. The molecule has 4 rings (SSSR count). The number of aryl methyl sites for hydroxylation is 1. The number of aliphatic hydroxyl groups is 1. The predicted molar refractivity (Wildman–Crippen MR) is 127 cm³/mol. The van der Waals surface area contributed by atoms with Crippen LogP contribution in [0.15, 0.2) is 40.8 Å². The van der Waals surface area contributed by atoms with Crippen LogP contribution < -0.4 is 11.1 Å². The Morgan fingerprint density at radius 3 is 2.53 bits per heavy atom. The molecule has 1 aromatic heterocycles. The van der Waals surface area contributed by atoms with Crippen LogP contribution in [0, 0.1) is 17.7 Å². The van der Waals surface area contributed by atoms with E-state index in [0.29, 0.717) is 36.1 Å². The maximum Gasteiger partial charge on any atom is 0.419 e. The molecule has 0 bridgehead atoms. The van der Waals surface area contributed by atoms with Crippen molar-refractivity contribution in [1.82, 2.24) is 9.55 Å². The zero-order valence-electron chi connectivity index (χ0n) is 19.6. The number of allylic oxidation sites excluding steroid dienone is 1. The van der Waals surface area contributed by atoms with Crippen LogP contribution >= 0.6 is 11.6 Å². The molecule has 0 spiro atoms. The number of hydrogen-bond acceptors (Lipinski definition) is 5. The summed E-state index contributed by atoms with van der Waals surface area (Å²) in [5, 5.41) is 13.6. The van der Waals surface area contributed by atoms with Crippen LogP contribution in [-0.2, 0) is 7.05 Å². The molecule has 2 atom stereocenters. The smallest absolute Gasteiger partial charge is 0.399 e. The lowest BCUT2D eigenvalue weighted by atomic mass is 9.88. The van der Waals surface area contributed by atoms with Gasteiger partial charge in [-0.15, -0.1) is 0 Å². The van der Waals surface area contributed by atoms with Gasteiger partial charge in [0, 0.05) is 31.9 Å². The minimum absolute atomic E-state index is 0.0829. The Balaban J connectivity index is 1.52. The van der Waals surface area contributed by atoms with Crippen LogP contribution in [0.5, 0.6) is 0 Å². The molecule has 1 amide bonds. The molecular formula is C24H26ClF4N5O2. The lowest BCUT2D eigenvalue weighted by Gasteiger charge is -2.27. The van der Waals surface area contributed by atoms with E-state index < -0.39 is 34.8 Å². The number of nitrogens with two attached hydrogens (primary N) is 1. The number of carbonyl (C=O) groups excluding carboxylic acids is 1. The van der Waals surface area contributed by atoms with Gasteiger partial charge < -0.3 is 20.7 Å². The van der Waals surface area contributed by atoms with Gasteiger partial charge in [-0.25, -0.2) is 9.37 Å². The van der Waals surface area contributed by atoms with E-state index in [0.717, 1.165) is 6.07 Å². The van der Waals surface area contributed by atoms with Gasteiger partial charge in [-0.3, -0.25) is 9.79 Å². The van der Waals surface area contributed by atoms with Gasteiger partial charge >= 0.3 is 6.18 Å². The monoisotopic (exact) mass is 527 g/mol. The zero-order chi connectivity index (χ0) is 26.4. The van der Waals surface area contributed by atoms with Gasteiger partial charge in [-0.2, -0.15) is 13.2 Å². The topological polar surface area (TPSA) is 106 Å². The number of nitrogens with one attached hydrogen (secondary N) is 1. The normalized spacial score (nSPS) is 26.8. The van der Waals surface area contributed by atoms with E-state index in [1.54, 1.807) is 11.6 Å². The first kappa shape index (κ1) is 26.2. The second kappa shape index (κ2) is 9.51. The Bertz CT molecular complexity index is 1230. The first-order chi connectivity index (χ1) is 16.8. The third kappa shape index (κ3) is 4.86. The van der Waals surface area contributed by atoms with Crippen LogP contribution in [0.3, 0.4) is 0 Å². The molecule has 12 heteroatoms. The summed E-state index contributed by atoms with van der Waals surface area (Å²) >= 11 is 5.80. The highest BCUT2D eigenvalue weighted by Crippen LogP contribution is 2.55. The summed E-state index contributed by atoms with van der Waals surface area (Å²) < 4.78 is 55.4. The number of carbonyl (C=O) groups is 1. The molecule has 1 heterocycles. The highest BCUT2D eigenvalue weighted by Gasteiger charge is 2.53. The van der Waals surface area contributed by atoms with Gasteiger partial charge in [0.15, 0.2) is 0 Å². The molecule has 2 aliphatic carbocycles. The van der Waals surface area contributed by atoms with Crippen molar-refractivity contribution in [2.75, 3.05) is 12.4 Å². The lowest BCUT2D eigenvalue weighted by molar-refractivity contribution is -0.0887. The molecule has 0 saturated heterocycles. The minimum Gasteiger partial charge on any atom is -0.399 e. The number of aromatic nitrogens is 2. The van der Waals surface area contributed by atoms with Crippen LogP contribution in [0.4, 0.5) is 23.2 Å². The SMILES string of the molecule is CN=C/C(=C(\N)C1(O)CC2CC(c3ncn(C)c3C(=O)Nc3ccc(F)c(Cl)c3)CC2C1)C(F)(F)F. The third-order valence-electron chi connectivity index (χ3n) is 7.14. The molecule has 4 N–H and O–H groups in total. The van der Waals surface area contributed by atoms with Crippen LogP contribution in [0.2, 0.25) is 5.02 Å². The van der Waals surface area contributed by atoms with Gasteiger partial charge in [0.2, 0.25) is 0 Å². The lowest BCUT2D eigenvalue weighted by Crippen LogP contribution is -2.37. The first-order valence-electron chi connectivity index (χ1n) is 11.3. The molecule has 7 nitrogen and oxygen atoms in total. The van der Waals surface area contributed by atoms with Gasteiger partial charge in [0.1, 0.15) is 17.1 Å². The van der Waals surface area contributed by atoms with Crippen molar-refractivity contribution in [1.29, 1.82) is 0 Å². The van der Waals surface area contributed by atoms with Crippen molar-refractivity contribution in [3.8, 4) is 0 Å². The zero-order valence-corrected chi connectivity index (χ0v) is 20.4. The van der Waals surface area contributed by atoms with E-state index in [9.17, 15) is 27.5 Å². The Hall–Kier alpha value is -2.92. The van der Waals surface area contributed by atoms with Crippen molar-refractivity contribution >= 4 is 29.4 Å². The number of benzene rings is 1. The summed E-state index contributed by atoms with van der Waals surface area (Å²) in [4.78, 5) is 20.9. The predicted octanol–water partition coefficient (Wildman–Crippen LogP) is 4.58. The van der Waals surface area contributed by atoms with Crippen LogP contribution in [0.1, 0.15) is 47.8 Å². The summed E-state index contributed by atoms with van der Waals surface area (Å²) in [6.07, 6.45) is -1.32. The molecular weight excluding hydrogens is 502 g/mol. The second-order valence-corrected chi connectivity index (χ2v) is 9.92. The van der Waals surface area contributed by atoms with Crippen molar-refractivity contribution in [2.45, 2.75) is 43.4 Å². The van der Waals surface area contributed by atoms with Gasteiger partial charge in [0.25, 0.3) is 5.91 Å². The highest BCUT2D eigenvalue weighted by atomic mass is 35.5.